The molecule has 0 atom stereocenters. The van der Waals surface area contributed by atoms with Crippen LogP contribution in [0.5, 0.6) is 5.75 Å². The van der Waals surface area contributed by atoms with Crippen molar-refractivity contribution in [3.8, 4) is 17.0 Å². The van der Waals surface area contributed by atoms with Crippen molar-refractivity contribution >= 4 is 62.0 Å². The number of halogens is 5. The first kappa shape index (κ1) is 23.2. The third-order valence-corrected chi connectivity index (χ3v) is 6.61. The molecular weight excluding hydrogens is 498 g/mol. The van der Waals surface area contributed by atoms with Crippen molar-refractivity contribution < 1.29 is 22.7 Å². The third-order valence-electron chi connectivity index (χ3n) is 4.77. The molecule has 0 saturated carbocycles. The molecular formula is C22H14Cl2F3N3O2S. The maximum atomic E-state index is 13.9. The van der Waals surface area contributed by atoms with Crippen LogP contribution in [0, 0.1) is 0 Å². The molecule has 4 rings (SSSR count). The van der Waals surface area contributed by atoms with Gasteiger partial charge in [0.2, 0.25) is 0 Å². The number of methoxy groups -OCH3 is 1. The van der Waals surface area contributed by atoms with Crippen LogP contribution in [-0.2, 0) is 6.18 Å². The Bertz CT molecular complexity index is 1370. The molecule has 0 fully saturated rings. The largest absolute Gasteiger partial charge is 0.497 e. The van der Waals surface area contributed by atoms with E-state index in [-0.39, 0.29) is 31.5 Å². The Morgan fingerprint density at radius 1 is 1.09 bits per heavy atom. The van der Waals surface area contributed by atoms with E-state index in [1.54, 1.807) is 24.3 Å². The van der Waals surface area contributed by atoms with Gasteiger partial charge in [-0.1, -0.05) is 23.2 Å². The van der Waals surface area contributed by atoms with Crippen molar-refractivity contribution in [2.75, 3.05) is 18.2 Å². The van der Waals surface area contributed by atoms with E-state index in [9.17, 15) is 18.0 Å². The van der Waals surface area contributed by atoms with Gasteiger partial charge in [0.25, 0.3) is 5.91 Å². The number of nitrogens with two attached hydrogens (primary N) is 1. The van der Waals surface area contributed by atoms with Gasteiger partial charge in [-0.2, -0.15) is 13.2 Å². The van der Waals surface area contributed by atoms with Gasteiger partial charge in [0.05, 0.1) is 34.1 Å². The Balaban J connectivity index is 1.81. The van der Waals surface area contributed by atoms with Crippen molar-refractivity contribution in [2.24, 2.45) is 0 Å². The summed E-state index contributed by atoms with van der Waals surface area (Å²) in [5.41, 5.74) is 5.61. The highest BCUT2D eigenvalue weighted by Crippen LogP contribution is 2.43. The number of anilines is 2. The molecule has 1 amide bonds. The number of carbonyl (C=O) groups excluding carboxylic acids is 1. The van der Waals surface area contributed by atoms with E-state index in [1.165, 1.54) is 25.3 Å². The Morgan fingerprint density at radius 3 is 2.39 bits per heavy atom. The molecule has 3 N–H and O–H groups in total. The molecule has 11 heteroatoms. The Kier molecular flexibility index (Phi) is 6.13. The fraction of sp³-hybridized carbons (Fsp3) is 0.0909. The van der Waals surface area contributed by atoms with Crippen LogP contribution in [0.25, 0.3) is 21.5 Å². The van der Waals surface area contributed by atoms with E-state index in [1.807, 2.05) is 0 Å². The van der Waals surface area contributed by atoms with Crippen molar-refractivity contribution in [3.63, 3.8) is 0 Å². The quantitative estimate of drug-likeness (QED) is 0.305. The van der Waals surface area contributed by atoms with Crippen LogP contribution in [0.4, 0.5) is 24.5 Å². The molecule has 2 aromatic carbocycles. The van der Waals surface area contributed by atoms with Crippen LogP contribution in [0.1, 0.15) is 15.2 Å². The minimum atomic E-state index is -4.71. The Labute approximate surface area is 199 Å². The number of rotatable bonds is 4. The van der Waals surface area contributed by atoms with Crippen LogP contribution in [0.15, 0.2) is 48.5 Å². The maximum Gasteiger partial charge on any atom is 0.417 e. The van der Waals surface area contributed by atoms with E-state index < -0.39 is 17.6 Å². The summed E-state index contributed by atoms with van der Waals surface area (Å²) in [4.78, 5) is 17.1. The maximum absolute atomic E-state index is 13.9. The van der Waals surface area contributed by atoms with Crippen LogP contribution < -0.4 is 15.8 Å². The zero-order valence-electron chi connectivity index (χ0n) is 16.8. The van der Waals surface area contributed by atoms with Gasteiger partial charge in [0, 0.05) is 16.6 Å². The molecule has 2 aromatic heterocycles. The number of hydrogen-bond acceptors (Lipinski definition) is 5. The van der Waals surface area contributed by atoms with E-state index >= 15 is 0 Å². The Morgan fingerprint density at radius 2 is 1.79 bits per heavy atom. The van der Waals surface area contributed by atoms with Crippen molar-refractivity contribution in [3.05, 3.63) is 69.0 Å². The highest BCUT2D eigenvalue weighted by atomic mass is 35.5. The number of aromatic nitrogens is 1. The second-order valence-corrected chi connectivity index (χ2v) is 8.70. The summed E-state index contributed by atoms with van der Waals surface area (Å²) in [5.74, 6) is -0.134. The fourth-order valence-corrected chi connectivity index (χ4v) is 4.50. The summed E-state index contributed by atoms with van der Waals surface area (Å²) < 4.78 is 46.9. The number of fused-ring (bicyclic) bond motifs is 1. The zero-order chi connectivity index (χ0) is 23.9. The molecule has 0 saturated heterocycles. The molecule has 5 nitrogen and oxygen atoms in total. The number of pyridine rings is 1. The molecule has 0 aliphatic rings. The number of nitrogen functional groups attached to an aromatic ring is 1. The smallest absolute Gasteiger partial charge is 0.417 e. The van der Waals surface area contributed by atoms with Gasteiger partial charge < -0.3 is 15.8 Å². The first-order valence-corrected chi connectivity index (χ1v) is 10.9. The highest BCUT2D eigenvalue weighted by Gasteiger charge is 2.36. The SMILES string of the molecule is COc1ccc(-c2cc(C(F)(F)F)c3c(N)c(C(=O)Nc4ccc(Cl)c(Cl)c4)sc3n2)cc1. The average Bonchev–Trinajstić information content (AvgIpc) is 3.11. The van der Waals surface area contributed by atoms with Crippen LogP contribution >= 0.6 is 34.5 Å². The number of amides is 1. The molecule has 0 aliphatic heterocycles. The standard InChI is InChI=1S/C22H14Cl2F3N3O2S/c1-32-12-5-2-10(3-6-12)16-9-13(22(25,26)27)17-18(28)19(33-21(17)30-16)20(31)29-11-4-7-14(23)15(24)8-11/h2-9H,28H2,1H3,(H,29,31). The fourth-order valence-electron chi connectivity index (χ4n) is 3.18. The minimum Gasteiger partial charge on any atom is -0.497 e. The first-order chi connectivity index (χ1) is 15.6. The van der Waals surface area contributed by atoms with Gasteiger partial charge in [-0.05, 0) is 48.5 Å². The number of benzene rings is 2. The summed E-state index contributed by atoms with van der Waals surface area (Å²) >= 11 is 12.6. The number of alkyl halides is 3. The highest BCUT2D eigenvalue weighted by molar-refractivity contribution is 7.21. The van der Waals surface area contributed by atoms with E-state index in [0.717, 1.165) is 17.4 Å². The lowest BCUT2D eigenvalue weighted by Crippen LogP contribution is -2.12. The molecule has 4 aromatic rings. The number of hydrogen-bond donors (Lipinski definition) is 2. The van der Waals surface area contributed by atoms with Crippen molar-refractivity contribution in [2.45, 2.75) is 6.18 Å². The van der Waals surface area contributed by atoms with Crippen LogP contribution in [-0.4, -0.2) is 18.0 Å². The van der Waals surface area contributed by atoms with Gasteiger partial charge in [-0.15, -0.1) is 11.3 Å². The van der Waals surface area contributed by atoms with Gasteiger partial charge in [-0.3, -0.25) is 4.79 Å². The molecule has 0 bridgehead atoms. The normalized spacial score (nSPS) is 11.6. The summed E-state index contributed by atoms with van der Waals surface area (Å²) in [6.45, 7) is 0. The van der Waals surface area contributed by atoms with Crippen LogP contribution in [0.2, 0.25) is 10.0 Å². The average molecular weight is 512 g/mol. The van der Waals surface area contributed by atoms with E-state index in [0.29, 0.717) is 22.0 Å². The van der Waals surface area contributed by atoms with E-state index in [4.69, 9.17) is 33.7 Å². The lowest BCUT2D eigenvalue weighted by atomic mass is 10.1. The molecule has 0 aliphatic carbocycles. The predicted molar refractivity (Wildman–Crippen MR) is 125 cm³/mol. The molecule has 170 valence electrons. The number of nitrogens with zero attached hydrogens (tertiary/aromatic N) is 1. The number of carbonyl (C=O) groups is 1. The van der Waals surface area contributed by atoms with Gasteiger partial charge >= 0.3 is 6.18 Å². The molecule has 0 radical (unpaired) electrons. The monoisotopic (exact) mass is 511 g/mol. The zero-order valence-corrected chi connectivity index (χ0v) is 19.1. The van der Waals surface area contributed by atoms with Gasteiger partial charge in [-0.25, -0.2) is 4.98 Å². The Hall–Kier alpha value is -3.01. The summed E-state index contributed by atoms with van der Waals surface area (Å²) in [6, 6.07) is 11.8. The number of ether oxygens (including phenoxy) is 1. The number of thiophene rings is 1. The lowest BCUT2D eigenvalue weighted by molar-refractivity contribution is -0.136. The molecule has 2 heterocycles. The molecule has 0 spiro atoms. The van der Waals surface area contributed by atoms with Crippen LogP contribution in [0.3, 0.4) is 0 Å². The lowest BCUT2D eigenvalue weighted by Gasteiger charge is -2.11. The summed E-state index contributed by atoms with van der Waals surface area (Å²) in [6.07, 6.45) is -4.71. The van der Waals surface area contributed by atoms with E-state index in [2.05, 4.69) is 10.3 Å². The van der Waals surface area contributed by atoms with Gasteiger partial charge in [0.15, 0.2) is 0 Å². The second-order valence-electron chi connectivity index (χ2n) is 6.89. The summed E-state index contributed by atoms with van der Waals surface area (Å²) in [5, 5.41) is 2.76. The minimum absolute atomic E-state index is 0.00701. The molecule has 33 heavy (non-hydrogen) atoms. The van der Waals surface area contributed by atoms with Gasteiger partial charge in [0.1, 0.15) is 15.5 Å². The molecule has 0 unspecified atom stereocenters. The topological polar surface area (TPSA) is 77.2 Å². The summed E-state index contributed by atoms with van der Waals surface area (Å²) in [7, 11) is 1.49. The van der Waals surface area contributed by atoms with Crippen molar-refractivity contribution in [1.29, 1.82) is 0 Å². The first-order valence-electron chi connectivity index (χ1n) is 9.29. The predicted octanol–water partition coefficient (Wildman–Crippen LogP) is 7.13. The third kappa shape index (κ3) is 4.57. The second kappa shape index (κ2) is 8.74. The van der Waals surface area contributed by atoms with Crippen molar-refractivity contribution in [1.82, 2.24) is 4.98 Å². The number of nitrogens with one attached hydrogen (secondary N) is 1.